The summed E-state index contributed by atoms with van der Waals surface area (Å²) < 4.78 is 0. The Morgan fingerprint density at radius 1 is 1.00 bits per heavy atom. The SMILES string of the molecule is Cc1ccc(C)c(C(C)(O)Cc2ccc(O)cc2)c1. The molecular weight excluding hydrogens is 236 g/mol. The lowest BCUT2D eigenvalue weighted by atomic mass is 9.85. The second-order valence-corrected chi connectivity index (χ2v) is 5.44. The van der Waals surface area contributed by atoms with Crippen LogP contribution in [0, 0.1) is 13.8 Å². The van der Waals surface area contributed by atoms with Crippen molar-refractivity contribution in [1.82, 2.24) is 0 Å². The molecule has 0 aromatic heterocycles. The van der Waals surface area contributed by atoms with Gasteiger partial charge in [0.25, 0.3) is 0 Å². The second kappa shape index (κ2) is 5.06. The minimum Gasteiger partial charge on any atom is -0.508 e. The van der Waals surface area contributed by atoms with Crippen molar-refractivity contribution in [2.75, 3.05) is 0 Å². The molecule has 2 aromatic rings. The molecule has 2 aromatic carbocycles. The molecule has 0 aliphatic rings. The van der Waals surface area contributed by atoms with Crippen molar-refractivity contribution in [3.63, 3.8) is 0 Å². The van der Waals surface area contributed by atoms with Gasteiger partial charge in [0.1, 0.15) is 5.75 Å². The van der Waals surface area contributed by atoms with Crippen LogP contribution in [0.2, 0.25) is 0 Å². The first-order chi connectivity index (χ1) is 8.88. The van der Waals surface area contributed by atoms with Crippen molar-refractivity contribution in [3.05, 3.63) is 64.7 Å². The van der Waals surface area contributed by atoms with Crippen LogP contribution in [0.15, 0.2) is 42.5 Å². The van der Waals surface area contributed by atoms with Crippen LogP contribution in [0.25, 0.3) is 0 Å². The Hall–Kier alpha value is -1.80. The number of hydrogen-bond acceptors (Lipinski definition) is 2. The third kappa shape index (κ3) is 3.15. The molecule has 0 spiro atoms. The lowest BCUT2D eigenvalue weighted by Gasteiger charge is -2.26. The lowest BCUT2D eigenvalue weighted by Crippen LogP contribution is -2.25. The molecule has 1 atom stereocenters. The summed E-state index contributed by atoms with van der Waals surface area (Å²) in [6.07, 6.45) is 0.525. The zero-order chi connectivity index (χ0) is 14.0. The van der Waals surface area contributed by atoms with E-state index in [-0.39, 0.29) is 5.75 Å². The highest BCUT2D eigenvalue weighted by Gasteiger charge is 2.25. The third-order valence-corrected chi connectivity index (χ3v) is 3.46. The number of aromatic hydroxyl groups is 1. The van der Waals surface area contributed by atoms with Crippen LogP contribution in [0.1, 0.15) is 29.2 Å². The highest BCUT2D eigenvalue weighted by atomic mass is 16.3. The second-order valence-electron chi connectivity index (χ2n) is 5.44. The van der Waals surface area contributed by atoms with Crippen LogP contribution in [-0.4, -0.2) is 10.2 Å². The summed E-state index contributed by atoms with van der Waals surface area (Å²) in [6, 6.07) is 13.1. The minimum atomic E-state index is -0.910. The molecule has 0 aliphatic carbocycles. The Kier molecular flexibility index (Phi) is 3.63. The molecule has 2 rings (SSSR count). The van der Waals surface area contributed by atoms with Gasteiger partial charge in [-0.3, -0.25) is 0 Å². The highest BCUT2D eigenvalue weighted by Crippen LogP contribution is 2.29. The maximum absolute atomic E-state index is 10.8. The van der Waals surface area contributed by atoms with E-state index in [1.54, 1.807) is 12.1 Å². The van der Waals surface area contributed by atoms with Gasteiger partial charge >= 0.3 is 0 Å². The molecule has 1 unspecified atom stereocenters. The first-order valence-corrected chi connectivity index (χ1v) is 6.46. The fourth-order valence-electron chi connectivity index (χ4n) is 2.42. The Bertz CT molecular complexity index is 568. The number of benzene rings is 2. The maximum Gasteiger partial charge on any atom is 0.115 e. The number of phenolic OH excluding ortho intramolecular Hbond substituents is 1. The molecular formula is C17H20O2. The topological polar surface area (TPSA) is 40.5 Å². The van der Waals surface area contributed by atoms with E-state index in [9.17, 15) is 10.2 Å². The van der Waals surface area contributed by atoms with Crippen LogP contribution >= 0.6 is 0 Å². The first kappa shape index (κ1) is 13.6. The normalized spacial score (nSPS) is 14.1. The van der Waals surface area contributed by atoms with Gasteiger partial charge in [-0.15, -0.1) is 0 Å². The van der Waals surface area contributed by atoms with Crippen LogP contribution in [0.5, 0.6) is 5.75 Å². The summed E-state index contributed by atoms with van der Waals surface area (Å²) in [4.78, 5) is 0. The third-order valence-electron chi connectivity index (χ3n) is 3.46. The molecule has 2 nitrogen and oxygen atoms in total. The lowest BCUT2D eigenvalue weighted by molar-refractivity contribution is 0.0569. The summed E-state index contributed by atoms with van der Waals surface area (Å²) in [5, 5.41) is 20.0. The average molecular weight is 256 g/mol. The quantitative estimate of drug-likeness (QED) is 0.883. The van der Waals surface area contributed by atoms with E-state index in [1.807, 2.05) is 45.0 Å². The van der Waals surface area contributed by atoms with E-state index < -0.39 is 5.60 Å². The molecule has 0 saturated heterocycles. The standard InChI is InChI=1S/C17H20O2/c1-12-4-5-13(2)16(10-12)17(3,19)11-14-6-8-15(18)9-7-14/h4-10,18-19H,11H2,1-3H3. The van der Waals surface area contributed by atoms with Crippen molar-refractivity contribution >= 4 is 0 Å². The van der Waals surface area contributed by atoms with E-state index in [0.29, 0.717) is 6.42 Å². The average Bonchev–Trinajstić information content (AvgIpc) is 2.35. The van der Waals surface area contributed by atoms with Crippen LogP contribution < -0.4 is 0 Å². The maximum atomic E-state index is 10.8. The fourth-order valence-corrected chi connectivity index (χ4v) is 2.42. The molecule has 0 heterocycles. The summed E-state index contributed by atoms with van der Waals surface area (Å²) in [5.41, 5.74) is 3.29. The van der Waals surface area contributed by atoms with Gasteiger partial charge in [0.15, 0.2) is 0 Å². The van der Waals surface area contributed by atoms with Crippen molar-refractivity contribution < 1.29 is 10.2 Å². The molecule has 19 heavy (non-hydrogen) atoms. The fraction of sp³-hybridized carbons (Fsp3) is 0.294. The van der Waals surface area contributed by atoms with E-state index in [2.05, 4.69) is 6.07 Å². The molecule has 100 valence electrons. The summed E-state index contributed by atoms with van der Waals surface area (Å²) in [7, 11) is 0. The van der Waals surface area contributed by atoms with E-state index in [1.165, 1.54) is 0 Å². The predicted octanol–water partition coefficient (Wildman–Crippen LogP) is 3.46. The molecule has 0 amide bonds. The van der Waals surface area contributed by atoms with Crippen LogP contribution in [0.3, 0.4) is 0 Å². The molecule has 0 fully saturated rings. The number of rotatable bonds is 3. The largest absolute Gasteiger partial charge is 0.508 e. The molecule has 2 N–H and O–H groups in total. The van der Waals surface area contributed by atoms with Gasteiger partial charge in [-0.05, 0) is 49.6 Å². The van der Waals surface area contributed by atoms with Crippen molar-refractivity contribution in [1.29, 1.82) is 0 Å². The van der Waals surface area contributed by atoms with Gasteiger partial charge < -0.3 is 10.2 Å². The van der Waals surface area contributed by atoms with E-state index >= 15 is 0 Å². The predicted molar refractivity (Wildman–Crippen MR) is 77.3 cm³/mol. The zero-order valence-electron chi connectivity index (χ0n) is 11.6. The Morgan fingerprint density at radius 3 is 2.26 bits per heavy atom. The summed E-state index contributed by atoms with van der Waals surface area (Å²) >= 11 is 0. The van der Waals surface area contributed by atoms with E-state index in [0.717, 1.165) is 22.3 Å². The monoisotopic (exact) mass is 256 g/mol. The van der Waals surface area contributed by atoms with Gasteiger partial charge in [0, 0.05) is 6.42 Å². The number of phenols is 1. The number of aryl methyl sites for hydroxylation is 2. The Labute approximate surface area is 114 Å². The minimum absolute atomic E-state index is 0.245. The number of aliphatic hydroxyl groups is 1. The number of hydrogen-bond donors (Lipinski definition) is 2. The Balaban J connectivity index is 2.31. The van der Waals surface area contributed by atoms with Crippen LogP contribution in [-0.2, 0) is 12.0 Å². The summed E-state index contributed by atoms with van der Waals surface area (Å²) in [5.74, 6) is 0.245. The molecule has 0 bridgehead atoms. The van der Waals surface area contributed by atoms with Gasteiger partial charge in [-0.1, -0.05) is 35.9 Å². The van der Waals surface area contributed by atoms with Gasteiger partial charge in [0.05, 0.1) is 5.60 Å². The summed E-state index contributed by atoms with van der Waals surface area (Å²) in [6.45, 7) is 5.88. The molecule has 0 aliphatic heterocycles. The highest BCUT2D eigenvalue weighted by molar-refractivity contribution is 5.36. The Morgan fingerprint density at radius 2 is 1.63 bits per heavy atom. The zero-order valence-corrected chi connectivity index (χ0v) is 11.6. The van der Waals surface area contributed by atoms with Crippen LogP contribution in [0.4, 0.5) is 0 Å². The smallest absolute Gasteiger partial charge is 0.115 e. The molecule has 0 saturated carbocycles. The first-order valence-electron chi connectivity index (χ1n) is 6.46. The van der Waals surface area contributed by atoms with Gasteiger partial charge in [-0.25, -0.2) is 0 Å². The molecule has 0 radical (unpaired) electrons. The molecule has 2 heteroatoms. The van der Waals surface area contributed by atoms with Crippen molar-refractivity contribution in [3.8, 4) is 5.75 Å². The van der Waals surface area contributed by atoms with Crippen molar-refractivity contribution in [2.45, 2.75) is 32.8 Å². The van der Waals surface area contributed by atoms with Gasteiger partial charge in [0.2, 0.25) is 0 Å². The van der Waals surface area contributed by atoms with Crippen molar-refractivity contribution in [2.24, 2.45) is 0 Å². The van der Waals surface area contributed by atoms with E-state index in [4.69, 9.17) is 0 Å². The van der Waals surface area contributed by atoms with Gasteiger partial charge in [-0.2, -0.15) is 0 Å².